The van der Waals surface area contributed by atoms with Crippen molar-refractivity contribution in [1.82, 2.24) is 20.1 Å². The number of anilines is 1. The van der Waals surface area contributed by atoms with E-state index in [1.807, 2.05) is 0 Å². The molecule has 0 unspecified atom stereocenters. The van der Waals surface area contributed by atoms with Gasteiger partial charge in [-0.1, -0.05) is 15.9 Å². The molecule has 3 rings (SSSR count). The molecule has 0 spiro atoms. The highest BCUT2D eigenvalue weighted by molar-refractivity contribution is 9.10. The fourth-order valence-electron chi connectivity index (χ4n) is 2.28. The second-order valence-corrected chi connectivity index (χ2v) is 6.30. The predicted octanol–water partition coefficient (Wildman–Crippen LogP) is 2.79. The van der Waals surface area contributed by atoms with Gasteiger partial charge in [0, 0.05) is 41.6 Å². The van der Waals surface area contributed by atoms with Crippen molar-refractivity contribution in [1.29, 1.82) is 0 Å². The molecule has 2 amide bonds. The average Bonchev–Trinajstić information content (AvgIpc) is 3.17. The number of carbonyl (C=O) groups excluding carboxylic acids is 2. The van der Waals surface area contributed by atoms with Gasteiger partial charge in [-0.3, -0.25) is 9.59 Å². The van der Waals surface area contributed by atoms with Crippen LogP contribution in [0.25, 0.3) is 5.82 Å². The van der Waals surface area contributed by atoms with E-state index in [4.69, 9.17) is 0 Å². The minimum absolute atomic E-state index is 0.149. The number of pyridine rings is 1. The summed E-state index contributed by atoms with van der Waals surface area (Å²) in [5.41, 5.74) is 1.10. The Balaban J connectivity index is 1.54. The highest BCUT2D eigenvalue weighted by Crippen LogP contribution is 2.16. The summed E-state index contributed by atoms with van der Waals surface area (Å²) in [5, 5.41) is 9.65. The molecular formula is C18H16BrN5O2. The van der Waals surface area contributed by atoms with Crippen molar-refractivity contribution in [3.05, 3.63) is 71.1 Å². The van der Waals surface area contributed by atoms with Gasteiger partial charge in [-0.15, -0.1) is 0 Å². The van der Waals surface area contributed by atoms with Crippen molar-refractivity contribution in [2.45, 2.75) is 6.42 Å². The monoisotopic (exact) mass is 413 g/mol. The summed E-state index contributed by atoms with van der Waals surface area (Å²) in [5.74, 6) is 0.0937. The maximum Gasteiger partial charge on any atom is 0.251 e. The Bertz CT molecular complexity index is 894. The van der Waals surface area contributed by atoms with E-state index in [9.17, 15) is 9.59 Å². The van der Waals surface area contributed by atoms with E-state index in [1.165, 1.54) is 0 Å². The first-order valence-corrected chi connectivity index (χ1v) is 8.71. The van der Waals surface area contributed by atoms with E-state index in [1.54, 1.807) is 65.7 Å². The third kappa shape index (κ3) is 4.54. The number of hydrogen-bond acceptors (Lipinski definition) is 4. The van der Waals surface area contributed by atoms with Gasteiger partial charge in [0.2, 0.25) is 5.91 Å². The summed E-state index contributed by atoms with van der Waals surface area (Å²) in [6.45, 7) is 0.234. The maximum absolute atomic E-state index is 12.2. The number of nitrogens with one attached hydrogen (secondary N) is 2. The number of halogens is 1. The average molecular weight is 414 g/mol. The van der Waals surface area contributed by atoms with E-state index in [2.05, 4.69) is 36.6 Å². The normalized spacial score (nSPS) is 10.3. The summed E-state index contributed by atoms with van der Waals surface area (Å²) >= 11 is 3.32. The summed E-state index contributed by atoms with van der Waals surface area (Å²) in [6, 6.07) is 12.3. The Labute approximate surface area is 158 Å². The number of hydrogen-bond donors (Lipinski definition) is 2. The lowest BCUT2D eigenvalue weighted by atomic mass is 10.2. The van der Waals surface area contributed by atoms with Crippen LogP contribution in [0.5, 0.6) is 0 Å². The topological polar surface area (TPSA) is 88.9 Å². The highest BCUT2D eigenvalue weighted by Gasteiger charge is 2.10. The number of rotatable bonds is 6. The zero-order valence-corrected chi connectivity index (χ0v) is 15.3. The molecule has 26 heavy (non-hydrogen) atoms. The standard InChI is InChI=1S/C18H16BrN5O2/c19-14-6-4-13(5-7-14)18(26)21-11-8-16(25)23-15-3-1-9-20-17(15)24-12-2-10-22-24/h1-7,9-10,12H,8,11H2,(H,21,26)(H,23,25). The minimum Gasteiger partial charge on any atom is -0.352 e. The molecule has 2 heterocycles. The van der Waals surface area contributed by atoms with Gasteiger partial charge in [0.05, 0.1) is 5.69 Å². The van der Waals surface area contributed by atoms with Gasteiger partial charge in [0.25, 0.3) is 5.91 Å². The van der Waals surface area contributed by atoms with Crippen LogP contribution in [0.4, 0.5) is 5.69 Å². The van der Waals surface area contributed by atoms with Crippen molar-refractivity contribution in [2.75, 3.05) is 11.9 Å². The van der Waals surface area contributed by atoms with Crippen molar-refractivity contribution < 1.29 is 9.59 Å². The van der Waals surface area contributed by atoms with Crippen LogP contribution in [0.15, 0.2) is 65.5 Å². The molecule has 132 valence electrons. The van der Waals surface area contributed by atoms with Gasteiger partial charge in [-0.05, 0) is 42.5 Å². The molecule has 0 radical (unpaired) electrons. The molecule has 2 aromatic heterocycles. The molecule has 7 nitrogen and oxygen atoms in total. The zero-order chi connectivity index (χ0) is 18.4. The second-order valence-electron chi connectivity index (χ2n) is 5.39. The molecule has 0 fully saturated rings. The summed E-state index contributed by atoms with van der Waals surface area (Å²) in [7, 11) is 0. The summed E-state index contributed by atoms with van der Waals surface area (Å²) in [6.07, 6.45) is 5.16. The van der Waals surface area contributed by atoms with E-state index in [0.29, 0.717) is 17.1 Å². The smallest absolute Gasteiger partial charge is 0.251 e. The van der Waals surface area contributed by atoms with Crippen molar-refractivity contribution in [3.63, 3.8) is 0 Å². The molecule has 0 aliphatic rings. The number of carbonyl (C=O) groups is 2. The lowest BCUT2D eigenvalue weighted by molar-refractivity contribution is -0.116. The fraction of sp³-hybridized carbons (Fsp3) is 0.111. The Morgan fingerprint density at radius 3 is 2.62 bits per heavy atom. The maximum atomic E-state index is 12.2. The van der Waals surface area contributed by atoms with Crippen LogP contribution >= 0.6 is 15.9 Å². The molecule has 0 aliphatic heterocycles. The molecule has 0 bridgehead atoms. The van der Waals surface area contributed by atoms with E-state index in [0.717, 1.165) is 4.47 Å². The van der Waals surface area contributed by atoms with Gasteiger partial charge >= 0.3 is 0 Å². The van der Waals surface area contributed by atoms with Gasteiger partial charge in [-0.2, -0.15) is 5.10 Å². The van der Waals surface area contributed by atoms with Crippen LogP contribution in [0, 0.1) is 0 Å². The van der Waals surface area contributed by atoms with E-state index in [-0.39, 0.29) is 24.8 Å². The van der Waals surface area contributed by atoms with Crippen LogP contribution in [0.1, 0.15) is 16.8 Å². The predicted molar refractivity (Wildman–Crippen MR) is 101 cm³/mol. The number of amides is 2. The highest BCUT2D eigenvalue weighted by atomic mass is 79.9. The van der Waals surface area contributed by atoms with Crippen molar-refractivity contribution in [2.24, 2.45) is 0 Å². The van der Waals surface area contributed by atoms with Crippen molar-refractivity contribution >= 4 is 33.4 Å². The number of nitrogens with zero attached hydrogens (tertiary/aromatic N) is 3. The van der Waals surface area contributed by atoms with E-state index < -0.39 is 0 Å². The number of aromatic nitrogens is 3. The quantitative estimate of drug-likeness (QED) is 0.649. The molecule has 2 N–H and O–H groups in total. The third-order valence-corrected chi connectivity index (χ3v) is 4.05. The van der Waals surface area contributed by atoms with Crippen LogP contribution in [0.3, 0.4) is 0 Å². The van der Waals surface area contributed by atoms with Gasteiger partial charge in [0.1, 0.15) is 0 Å². The lowest BCUT2D eigenvalue weighted by Crippen LogP contribution is -2.27. The molecule has 0 saturated heterocycles. The van der Waals surface area contributed by atoms with Crippen LogP contribution in [-0.4, -0.2) is 33.1 Å². The minimum atomic E-state index is -0.220. The van der Waals surface area contributed by atoms with Gasteiger partial charge in [0.15, 0.2) is 5.82 Å². The van der Waals surface area contributed by atoms with Gasteiger partial charge in [-0.25, -0.2) is 9.67 Å². The van der Waals surface area contributed by atoms with Gasteiger partial charge < -0.3 is 10.6 Å². The van der Waals surface area contributed by atoms with Crippen molar-refractivity contribution in [3.8, 4) is 5.82 Å². The Hall–Kier alpha value is -3.00. The molecule has 0 atom stereocenters. The van der Waals surface area contributed by atoms with Crippen LogP contribution < -0.4 is 10.6 Å². The first kappa shape index (κ1) is 17.8. The molecular weight excluding hydrogens is 398 g/mol. The first-order valence-electron chi connectivity index (χ1n) is 7.92. The second kappa shape index (κ2) is 8.39. The summed E-state index contributed by atoms with van der Waals surface area (Å²) in [4.78, 5) is 28.4. The third-order valence-electron chi connectivity index (χ3n) is 3.53. The zero-order valence-electron chi connectivity index (χ0n) is 13.7. The Morgan fingerprint density at radius 2 is 1.88 bits per heavy atom. The largest absolute Gasteiger partial charge is 0.352 e. The van der Waals surface area contributed by atoms with Crippen LogP contribution in [-0.2, 0) is 4.79 Å². The SMILES string of the molecule is O=C(CCNC(=O)c1ccc(Br)cc1)Nc1cccnc1-n1cccn1. The first-order chi connectivity index (χ1) is 12.6. The lowest BCUT2D eigenvalue weighted by Gasteiger charge is -2.10. The molecule has 8 heteroatoms. The Morgan fingerprint density at radius 1 is 1.08 bits per heavy atom. The molecule has 0 aliphatic carbocycles. The molecule has 0 saturated carbocycles. The Kier molecular flexibility index (Phi) is 5.75. The number of benzene rings is 1. The summed E-state index contributed by atoms with van der Waals surface area (Å²) < 4.78 is 2.48. The van der Waals surface area contributed by atoms with Crippen LogP contribution in [0.2, 0.25) is 0 Å². The van der Waals surface area contributed by atoms with E-state index >= 15 is 0 Å². The molecule has 1 aromatic carbocycles. The fourth-order valence-corrected chi connectivity index (χ4v) is 2.54. The molecule has 3 aromatic rings.